The first-order valence-corrected chi connectivity index (χ1v) is 24.8. The largest absolute Gasteiger partial charge is 1.00 e. The molecule has 4 fully saturated rings. The van der Waals surface area contributed by atoms with Gasteiger partial charge in [-0.1, -0.05) is 54.6 Å². The van der Waals surface area contributed by atoms with Crippen LogP contribution in [0.3, 0.4) is 0 Å². The molecule has 5 aromatic carbocycles. The van der Waals surface area contributed by atoms with Gasteiger partial charge in [-0.15, -0.1) is 0 Å². The molecule has 4 saturated carbocycles. The maximum absolute atomic E-state index is 13.5. The summed E-state index contributed by atoms with van der Waals surface area (Å²) in [7, 11) is 1.72. The molecule has 2 aromatic heterocycles. The van der Waals surface area contributed by atoms with E-state index in [0.29, 0.717) is 52.9 Å². The fraction of sp³-hybridized carbons (Fsp3) is 0.304. The van der Waals surface area contributed by atoms with Crippen LogP contribution < -0.4 is 37.8 Å². The SMILES string of the molecule is CC(=O)C1[C@H]2CC(Oc3ccnc4ccc(F)cc34)C[C@@H]12.CO/C=C(/C)C1[C@H]2CC(Oc3ccnc4ccc(F)cc34)C[C@@H]12.COC[P+](c1ccccc1)(c1ccccc1)c1ccccc1.[Cl-]. The molecule has 8 atom stereocenters. The minimum Gasteiger partial charge on any atom is -1.00 e. The van der Waals surface area contributed by atoms with Crippen LogP contribution in [0.2, 0.25) is 0 Å². The van der Waals surface area contributed by atoms with Gasteiger partial charge in [0.25, 0.3) is 0 Å². The molecular formula is C56H56ClF2N2O5P. The van der Waals surface area contributed by atoms with Gasteiger partial charge in [0.2, 0.25) is 0 Å². The average molecular weight is 941 g/mol. The van der Waals surface area contributed by atoms with E-state index in [2.05, 4.69) is 108 Å². The van der Waals surface area contributed by atoms with E-state index >= 15 is 0 Å². The first kappa shape index (κ1) is 47.8. The van der Waals surface area contributed by atoms with Gasteiger partial charge in [0, 0.05) is 36.2 Å². The highest BCUT2D eigenvalue weighted by atomic mass is 35.5. The van der Waals surface area contributed by atoms with Crippen molar-refractivity contribution in [2.45, 2.75) is 51.7 Å². The lowest BCUT2D eigenvalue weighted by Gasteiger charge is -2.26. The number of hydrogen-bond donors (Lipinski definition) is 0. The topological polar surface area (TPSA) is 79.8 Å². The molecule has 11 rings (SSSR count). The molecule has 0 radical (unpaired) electrons. The van der Waals surface area contributed by atoms with Gasteiger partial charge in [0.1, 0.15) is 52.1 Å². The Morgan fingerprint density at radius 3 is 1.37 bits per heavy atom. The summed E-state index contributed by atoms with van der Waals surface area (Å²) in [6.45, 7) is 3.82. The van der Waals surface area contributed by atoms with Crippen molar-refractivity contribution in [3.8, 4) is 11.5 Å². The van der Waals surface area contributed by atoms with Crippen molar-refractivity contribution in [1.29, 1.82) is 0 Å². The lowest BCUT2D eigenvalue weighted by Crippen LogP contribution is -3.00. The van der Waals surface area contributed by atoms with Crippen LogP contribution in [-0.4, -0.2) is 48.5 Å². The van der Waals surface area contributed by atoms with E-state index in [1.807, 2.05) is 12.3 Å². The summed E-state index contributed by atoms with van der Waals surface area (Å²) in [4.78, 5) is 19.9. The Labute approximate surface area is 398 Å². The lowest BCUT2D eigenvalue weighted by molar-refractivity contribution is -0.119. The molecule has 346 valence electrons. The molecule has 0 bridgehead atoms. The van der Waals surface area contributed by atoms with Gasteiger partial charge in [0.15, 0.2) is 6.35 Å². The van der Waals surface area contributed by atoms with Crippen molar-refractivity contribution in [1.82, 2.24) is 9.97 Å². The molecule has 4 aliphatic rings. The smallest absolute Gasteiger partial charge is 0.170 e. The van der Waals surface area contributed by atoms with E-state index in [9.17, 15) is 13.6 Å². The zero-order chi connectivity index (χ0) is 45.8. The second kappa shape index (κ2) is 21.1. The Bertz CT molecular complexity index is 2700. The molecule has 11 heteroatoms. The van der Waals surface area contributed by atoms with Crippen LogP contribution in [0, 0.1) is 47.1 Å². The number of carbonyl (C=O) groups is 1. The molecule has 0 saturated heterocycles. The molecular weight excluding hydrogens is 885 g/mol. The highest BCUT2D eigenvalue weighted by molar-refractivity contribution is 7.95. The van der Waals surface area contributed by atoms with Crippen LogP contribution in [0.4, 0.5) is 8.78 Å². The van der Waals surface area contributed by atoms with Gasteiger partial charge in [0.05, 0.1) is 36.6 Å². The number of ketones is 1. The van der Waals surface area contributed by atoms with E-state index in [0.717, 1.165) is 47.9 Å². The Kier molecular flexibility index (Phi) is 15.0. The van der Waals surface area contributed by atoms with E-state index in [1.54, 1.807) is 51.7 Å². The van der Waals surface area contributed by atoms with E-state index < -0.39 is 7.26 Å². The van der Waals surface area contributed by atoms with Crippen molar-refractivity contribution >= 4 is 50.8 Å². The second-order valence-electron chi connectivity index (χ2n) is 18.0. The van der Waals surface area contributed by atoms with Crippen LogP contribution in [0.5, 0.6) is 11.5 Å². The van der Waals surface area contributed by atoms with Crippen LogP contribution in [0.1, 0.15) is 39.5 Å². The van der Waals surface area contributed by atoms with Crippen LogP contribution in [-0.2, 0) is 14.3 Å². The van der Waals surface area contributed by atoms with E-state index in [4.69, 9.17) is 18.9 Å². The third-order valence-electron chi connectivity index (χ3n) is 13.9. The van der Waals surface area contributed by atoms with Crippen LogP contribution in [0.25, 0.3) is 21.8 Å². The first-order chi connectivity index (χ1) is 32.2. The molecule has 7 nitrogen and oxygen atoms in total. The van der Waals surface area contributed by atoms with Crippen molar-refractivity contribution in [2.75, 3.05) is 20.6 Å². The molecule has 0 N–H and O–H groups in total. The van der Waals surface area contributed by atoms with Gasteiger partial charge in [-0.05, 0) is 160 Å². The molecule has 0 amide bonds. The zero-order valence-corrected chi connectivity index (χ0v) is 39.8. The normalized spacial score (nSPS) is 23.3. The Hall–Kier alpha value is -5.73. The number of aromatic nitrogens is 2. The molecule has 0 spiro atoms. The maximum atomic E-state index is 13.5. The van der Waals surface area contributed by atoms with E-state index in [1.165, 1.54) is 45.8 Å². The second-order valence-corrected chi connectivity index (χ2v) is 21.4. The Balaban J connectivity index is 0.000000135. The third kappa shape index (κ3) is 10.3. The molecule has 7 aromatic rings. The summed E-state index contributed by atoms with van der Waals surface area (Å²) >= 11 is 0. The summed E-state index contributed by atoms with van der Waals surface area (Å²) in [6.07, 6.45) is 10.3. The number of rotatable bonds is 12. The van der Waals surface area contributed by atoms with Gasteiger partial charge < -0.3 is 31.4 Å². The summed E-state index contributed by atoms with van der Waals surface area (Å²) in [5.41, 5.74) is 2.83. The van der Waals surface area contributed by atoms with Crippen LogP contribution in [0.15, 0.2) is 164 Å². The summed E-state index contributed by atoms with van der Waals surface area (Å²) in [5.74, 6) is 4.50. The van der Waals surface area contributed by atoms with Crippen molar-refractivity contribution in [2.24, 2.45) is 35.5 Å². The molecule has 0 aliphatic heterocycles. The van der Waals surface area contributed by atoms with Gasteiger partial charge in [-0.25, -0.2) is 8.78 Å². The number of nitrogens with zero attached hydrogens (tertiary/aromatic N) is 2. The summed E-state index contributed by atoms with van der Waals surface area (Å²) in [6, 6.07) is 45.1. The van der Waals surface area contributed by atoms with Crippen molar-refractivity contribution < 1.29 is 44.9 Å². The Morgan fingerprint density at radius 1 is 0.597 bits per heavy atom. The molecule has 67 heavy (non-hydrogen) atoms. The minimum atomic E-state index is -1.78. The monoisotopic (exact) mass is 940 g/mol. The number of benzene rings is 5. The molecule has 4 aliphatic carbocycles. The summed E-state index contributed by atoms with van der Waals surface area (Å²) < 4.78 is 50.0. The lowest BCUT2D eigenvalue weighted by atomic mass is 10.0. The number of pyridine rings is 2. The van der Waals surface area contributed by atoms with Crippen molar-refractivity contribution in [3.05, 3.63) is 175 Å². The molecule has 2 heterocycles. The number of fused-ring (bicyclic) bond motifs is 4. The quantitative estimate of drug-likeness (QED) is 0.0902. The number of allylic oxidation sites excluding steroid dienone is 1. The average Bonchev–Trinajstić information content (AvgIpc) is 4.08. The highest BCUT2D eigenvalue weighted by Gasteiger charge is 2.59. The number of hydrogen-bond acceptors (Lipinski definition) is 7. The predicted octanol–water partition coefficient (Wildman–Crippen LogP) is 8.28. The first-order valence-electron chi connectivity index (χ1n) is 22.8. The summed E-state index contributed by atoms with van der Waals surface area (Å²) in [5, 5.41) is 5.53. The fourth-order valence-corrected chi connectivity index (χ4v) is 14.8. The standard InChI is InChI=1S/C20H20OP.C19H20FNO2.C17H16FNO2.ClH/c1-21-17-22(18-11-5-2-6-12-18,19-13-7-3-8-14-19)20-15-9-4-10-16-20;1-11(10-22-2)19-14-8-13(9-15(14)19)23-18-5-6-21-17-4-3-12(20)7-16(17)18;1-9(20)17-12-7-11(8-13(12)17)21-16-4-5-19-15-3-2-10(18)6-14(15)16;/h2-16H,17H2,1H3;3-7,10,13-15,19H,8-9H2,1-2H3;2-6,11-13,17H,7-8H2,1H3;1H/q+1;;;/p-1/b;11-10-;;/t;13?,14-,15+,19?;11?,12-,13+,17?;. The predicted molar refractivity (Wildman–Crippen MR) is 260 cm³/mol. The highest BCUT2D eigenvalue weighted by Crippen LogP contribution is 2.61. The Morgan fingerprint density at radius 2 is 1.00 bits per heavy atom. The van der Waals surface area contributed by atoms with Crippen LogP contribution >= 0.6 is 7.26 Å². The number of Topliss-reactive ketones (excluding diaryl/α,β-unsaturated/α-hetero) is 1. The van der Waals surface area contributed by atoms with Crippen molar-refractivity contribution in [3.63, 3.8) is 0 Å². The van der Waals surface area contributed by atoms with Gasteiger partial charge >= 0.3 is 0 Å². The third-order valence-corrected chi connectivity index (χ3v) is 18.1. The van der Waals surface area contributed by atoms with E-state index in [-0.39, 0.29) is 42.2 Å². The number of halogens is 3. The zero-order valence-electron chi connectivity index (χ0n) is 38.2. The minimum absolute atomic E-state index is 0. The maximum Gasteiger partial charge on any atom is 0.170 e. The fourth-order valence-electron chi connectivity index (χ4n) is 11.0. The number of methoxy groups -OCH3 is 2. The van der Waals surface area contributed by atoms with Gasteiger partial charge in [-0.2, -0.15) is 0 Å². The number of ether oxygens (including phenoxy) is 4. The number of carbonyl (C=O) groups excluding carboxylic acids is 1. The van der Waals surface area contributed by atoms with Gasteiger partial charge in [-0.3, -0.25) is 14.8 Å². The molecule has 4 unspecified atom stereocenters.